The molecule has 2 aromatic carbocycles. The average Bonchev–Trinajstić information content (AvgIpc) is 3.40. The topological polar surface area (TPSA) is 94.5 Å². The Morgan fingerprint density at radius 2 is 1.90 bits per heavy atom. The third kappa shape index (κ3) is 6.22. The van der Waals surface area contributed by atoms with E-state index < -0.39 is 17.7 Å². The summed E-state index contributed by atoms with van der Waals surface area (Å²) in [6.07, 6.45) is 2.20. The third-order valence-electron chi connectivity index (χ3n) is 6.99. The highest BCUT2D eigenvalue weighted by Crippen LogP contribution is 2.43. The molecule has 1 N–H and O–H groups in total. The van der Waals surface area contributed by atoms with Crippen LogP contribution in [0.5, 0.6) is 17.2 Å². The summed E-state index contributed by atoms with van der Waals surface area (Å²) in [7, 11) is 1.59. The summed E-state index contributed by atoms with van der Waals surface area (Å²) >= 11 is 0. The number of hydrogen-bond acceptors (Lipinski definition) is 7. The van der Waals surface area contributed by atoms with Gasteiger partial charge in [-0.25, -0.2) is 0 Å². The van der Waals surface area contributed by atoms with E-state index in [0.29, 0.717) is 67.8 Å². The number of amides is 1. The lowest BCUT2D eigenvalue weighted by Gasteiger charge is -2.26. The van der Waals surface area contributed by atoms with Crippen LogP contribution >= 0.6 is 0 Å². The minimum atomic E-state index is -0.783. The van der Waals surface area contributed by atoms with Crippen molar-refractivity contribution in [1.82, 2.24) is 4.90 Å². The van der Waals surface area contributed by atoms with Crippen LogP contribution in [0.1, 0.15) is 63.3 Å². The molecule has 2 aromatic rings. The van der Waals surface area contributed by atoms with Crippen LogP contribution < -0.4 is 14.2 Å². The largest absolute Gasteiger partial charge is 0.507 e. The molecule has 0 unspecified atom stereocenters. The number of Topliss-reactive ketones (excluding diaryl/α,β-unsaturated/α-hetero) is 1. The van der Waals surface area contributed by atoms with Gasteiger partial charge in [0.05, 0.1) is 24.8 Å². The molecule has 1 saturated heterocycles. The van der Waals surface area contributed by atoms with E-state index in [2.05, 4.69) is 13.8 Å². The number of aliphatic hydroxyl groups excluding tert-OH is 1. The number of ketones is 1. The molecule has 0 bridgehead atoms. The van der Waals surface area contributed by atoms with Gasteiger partial charge in [0.15, 0.2) is 11.5 Å². The molecule has 1 fully saturated rings. The van der Waals surface area contributed by atoms with Crippen LogP contribution in [0.3, 0.4) is 0 Å². The molecule has 2 heterocycles. The van der Waals surface area contributed by atoms with E-state index in [1.165, 1.54) is 4.90 Å². The molecule has 8 heteroatoms. The summed E-state index contributed by atoms with van der Waals surface area (Å²) < 4.78 is 22.9. The van der Waals surface area contributed by atoms with Crippen LogP contribution in [0, 0.1) is 5.92 Å². The first-order valence-electron chi connectivity index (χ1n) is 13.7. The van der Waals surface area contributed by atoms with Crippen LogP contribution in [0.4, 0.5) is 0 Å². The first-order valence-corrected chi connectivity index (χ1v) is 13.7. The lowest BCUT2D eigenvalue weighted by atomic mass is 9.94. The van der Waals surface area contributed by atoms with Gasteiger partial charge in [-0.2, -0.15) is 0 Å². The van der Waals surface area contributed by atoms with Gasteiger partial charge in [0.2, 0.25) is 0 Å². The minimum Gasteiger partial charge on any atom is -0.507 e. The van der Waals surface area contributed by atoms with Crippen molar-refractivity contribution in [1.29, 1.82) is 0 Å². The fourth-order valence-corrected chi connectivity index (χ4v) is 5.05. The van der Waals surface area contributed by atoms with Crippen molar-refractivity contribution in [3.05, 3.63) is 58.7 Å². The highest BCUT2D eigenvalue weighted by molar-refractivity contribution is 6.46. The quantitative estimate of drug-likeness (QED) is 0.170. The van der Waals surface area contributed by atoms with Crippen molar-refractivity contribution in [2.24, 2.45) is 5.92 Å². The number of carbonyl (C=O) groups is 2. The summed E-state index contributed by atoms with van der Waals surface area (Å²) in [6.45, 7) is 9.85. The van der Waals surface area contributed by atoms with Crippen LogP contribution in [0.2, 0.25) is 0 Å². The zero-order chi connectivity index (χ0) is 28.1. The molecule has 8 nitrogen and oxygen atoms in total. The fraction of sp³-hybridized carbons (Fsp3) is 0.484. The second kappa shape index (κ2) is 12.6. The number of carbonyl (C=O) groups excluding carboxylic acids is 2. The first kappa shape index (κ1) is 28.5. The third-order valence-corrected chi connectivity index (χ3v) is 6.99. The van der Waals surface area contributed by atoms with E-state index in [4.69, 9.17) is 18.9 Å². The second-order valence-corrected chi connectivity index (χ2v) is 10.5. The Morgan fingerprint density at radius 1 is 1.10 bits per heavy atom. The molecule has 0 radical (unpaired) electrons. The Morgan fingerprint density at radius 3 is 2.62 bits per heavy atom. The number of methoxy groups -OCH3 is 1. The van der Waals surface area contributed by atoms with Crippen LogP contribution in [0.15, 0.2) is 42.0 Å². The number of rotatable bonds is 12. The molecule has 2 aliphatic rings. The molecule has 0 spiro atoms. The number of benzene rings is 2. The van der Waals surface area contributed by atoms with Crippen molar-refractivity contribution in [3.8, 4) is 17.2 Å². The van der Waals surface area contributed by atoms with Gasteiger partial charge < -0.3 is 29.0 Å². The molecule has 39 heavy (non-hydrogen) atoms. The number of hydrogen-bond donors (Lipinski definition) is 1. The molecular formula is C31H39NO7. The molecule has 210 valence electrons. The molecule has 2 aliphatic heterocycles. The first-order chi connectivity index (χ1) is 18.7. The Hall–Kier alpha value is -3.52. The average molecular weight is 538 g/mol. The van der Waals surface area contributed by atoms with Crippen molar-refractivity contribution in [3.63, 3.8) is 0 Å². The SMILES string of the molecule is CCOc1cc([C@@H]2/C(=C(\O)c3ccc4c(c3)C[C@@H](C)O4)C(=O)C(=O)N2CCCOC)ccc1OCCC(C)C. The van der Waals surface area contributed by atoms with E-state index in [1.807, 2.05) is 32.0 Å². The van der Waals surface area contributed by atoms with Crippen molar-refractivity contribution in [2.75, 3.05) is 33.5 Å². The van der Waals surface area contributed by atoms with Gasteiger partial charge in [0, 0.05) is 32.2 Å². The predicted octanol–water partition coefficient (Wildman–Crippen LogP) is 5.29. The molecule has 0 aliphatic carbocycles. The van der Waals surface area contributed by atoms with Crippen LogP contribution in [-0.2, 0) is 20.7 Å². The number of nitrogens with zero attached hydrogens (tertiary/aromatic N) is 1. The van der Waals surface area contributed by atoms with E-state index in [9.17, 15) is 14.7 Å². The zero-order valence-electron chi connectivity index (χ0n) is 23.5. The maximum atomic E-state index is 13.4. The molecule has 0 saturated carbocycles. The van der Waals surface area contributed by atoms with Gasteiger partial charge >= 0.3 is 0 Å². The fourth-order valence-electron chi connectivity index (χ4n) is 5.05. The maximum absolute atomic E-state index is 13.4. The lowest BCUT2D eigenvalue weighted by molar-refractivity contribution is -0.140. The smallest absolute Gasteiger partial charge is 0.295 e. The Kier molecular flexibility index (Phi) is 9.17. The zero-order valence-corrected chi connectivity index (χ0v) is 23.5. The second-order valence-electron chi connectivity index (χ2n) is 10.5. The minimum absolute atomic E-state index is 0.0435. The van der Waals surface area contributed by atoms with Gasteiger partial charge in [-0.3, -0.25) is 9.59 Å². The van der Waals surface area contributed by atoms with E-state index in [-0.39, 0.29) is 17.4 Å². The van der Waals surface area contributed by atoms with E-state index in [1.54, 1.807) is 25.3 Å². The molecule has 4 rings (SSSR count). The Balaban J connectivity index is 1.77. The van der Waals surface area contributed by atoms with Gasteiger partial charge in [-0.05, 0) is 74.1 Å². The molecule has 2 atom stereocenters. The van der Waals surface area contributed by atoms with Crippen molar-refractivity contribution < 1.29 is 33.6 Å². The summed E-state index contributed by atoms with van der Waals surface area (Å²) in [5.74, 6) is 0.840. The predicted molar refractivity (Wildman–Crippen MR) is 148 cm³/mol. The number of aliphatic hydroxyl groups is 1. The Bertz CT molecular complexity index is 1240. The summed E-state index contributed by atoms with van der Waals surface area (Å²) in [5, 5.41) is 11.5. The van der Waals surface area contributed by atoms with Crippen LogP contribution in [-0.4, -0.2) is 61.3 Å². The Labute approximate surface area is 230 Å². The van der Waals surface area contributed by atoms with E-state index in [0.717, 1.165) is 17.7 Å². The summed E-state index contributed by atoms with van der Waals surface area (Å²) in [4.78, 5) is 28.2. The van der Waals surface area contributed by atoms with E-state index >= 15 is 0 Å². The number of likely N-dealkylation sites (tertiary alicyclic amines) is 1. The summed E-state index contributed by atoms with van der Waals surface area (Å²) in [6, 6.07) is 10.0. The van der Waals surface area contributed by atoms with Crippen LogP contribution in [0.25, 0.3) is 5.76 Å². The maximum Gasteiger partial charge on any atom is 0.295 e. The molecular weight excluding hydrogens is 498 g/mol. The van der Waals surface area contributed by atoms with Crippen molar-refractivity contribution in [2.45, 2.75) is 59.1 Å². The molecule has 0 aromatic heterocycles. The highest BCUT2D eigenvalue weighted by Gasteiger charge is 2.46. The van der Waals surface area contributed by atoms with Gasteiger partial charge in [-0.1, -0.05) is 19.9 Å². The van der Waals surface area contributed by atoms with Crippen molar-refractivity contribution >= 4 is 17.4 Å². The number of ether oxygens (including phenoxy) is 4. The molecule has 1 amide bonds. The normalized spacial score (nSPS) is 19.9. The standard InChI is InChI=1S/C31H39NO7/c1-6-37-26-18-21(8-11-25(26)38-15-12-19(2)3)28-27(30(34)31(35)32(28)13-7-14-36-5)29(33)22-9-10-24-23(17-22)16-20(4)39-24/h8-11,17-20,28,33H,6-7,12-16H2,1-5H3/b29-27+/t20-,28-/m1/s1. The highest BCUT2D eigenvalue weighted by atomic mass is 16.5. The summed E-state index contributed by atoms with van der Waals surface area (Å²) in [5.41, 5.74) is 2.15. The van der Waals surface area contributed by atoms with Gasteiger partial charge in [0.25, 0.3) is 11.7 Å². The lowest BCUT2D eigenvalue weighted by Crippen LogP contribution is -2.31. The monoisotopic (exact) mass is 537 g/mol. The van der Waals surface area contributed by atoms with Gasteiger partial charge in [0.1, 0.15) is 17.6 Å². The van der Waals surface area contributed by atoms with Gasteiger partial charge in [-0.15, -0.1) is 0 Å². The number of fused-ring (bicyclic) bond motifs is 1.